The number of nitrogens with one attached hydrogen (secondary N) is 1. The van der Waals surface area contributed by atoms with E-state index in [-0.39, 0.29) is 5.69 Å². The number of carbonyl (C=O) groups is 1. The summed E-state index contributed by atoms with van der Waals surface area (Å²) in [6, 6.07) is 12.3. The van der Waals surface area contributed by atoms with Crippen molar-refractivity contribution >= 4 is 34.6 Å². The predicted octanol–water partition coefficient (Wildman–Crippen LogP) is 5.67. The van der Waals surface area contributed by atoms with Gasteiger partial charge in [-0.2, -0.15) is 13.2 Å². The van der Waals surface area contributed by atoms with Crippen molar-refractivity contribution in [3.05, 3.63) is 70.9 Å². The Hall–Kier alpha value is -3.07. The number of hydrogen-bond acceptors (Lipinski definition) is 3. The van der Waals surface area contributed by atoms with E-state index in [0.717, 1.165) is 30.4 Å². The van der Waals surface area contributed by atoms with Gasteiger partial charge in [0.05, 0.1) is 22.9 Å². The molecule has 1 aliphatic rings. The normalized spacial score (nSPS) is 16.7. The van der Waals surface area contributed by atoms with E-state index in [1.807, 2.05) is 24.3 Å². The molecule has 1 aliphatic heterocycles. The van der Waals surface area contributed by atoms with E-state index >= 15 is 0 Å². The summed E-state index contributed by atoms with van der Waals surface area (Å²) >= 11 is 5.58. The van der Waals surface area contributed by atoms with Crippen molar-refractivity contribution in [1.29, 1.82) is 0 Å². The lowest BCUT2D eigenvalue weighted by Gasteiger charge is -2.42. The van der Waals surface area contributed by atoms with Gasteiger partial charge in [-0.05, 0) is 62.8 Å². The van der Waals surface area contributed by atoms with Crippen molar-refractivity contribution in [1.82, 2.24) is 9.80 Å². The average Bonchev–Trinajstić information content (AvgIpc) is 2.81. The highest BCUT2D eigenvalue weighted by molar-refractivity contribution is 7.80. The fourth-order valence-electron chi connectivity index (χ4n) is 4.23. The number of nitrogens with zero attached hydrogens (tertiary/aromatic N) is 3. The standard InChI is InChI=1S/C25H29F3N4OS/c1-6-32(7-2)18-14-12-17(13-15-18)22-21(16(3)30(4)24(34)31(22)5)23(33)29-20-11-9-8-10-19(20)25(26,27)28/h8-15,22H,6-7H2,1-5H3,(H,29,33)/t22-/m1/s1. The van der Waals surface area contributed by atoms with Crippen molar-refractivity contribution in [2.24, 2.45) is 0 Å². The second kappa shape index (κ2) is 10.0. The zero-order valence-electron chi connectivity index (χ0n) is 19.9. The molecule has 0 bridgehead atoms. The third-order valence-corrected chi connectivity index (χ3v) is 6.77. The molecule has 1 amide bonds. The first-order chi connectivity index (χ1) is 16.0. The number of amides is 1. The van der Waals surface area contributed by atoms with Gasteiger partial charge in [-0.1, -0.05) is 24.3 Å². The third-order valence-electron chi connectivity index (χ3n) is 6.21. The van der Waals surface area contributed by atoms with Gasteiger partial charge < -0.3 is 20.0 Å². The van der Waals surface area contributed by atoms with Gasteiger partial charge in [-0.3, -0.25) is 4.79 Å². The number of halogens is 3. The summed E-state index contributed by atoms with van der Waals surface area (Å²) in [5.74, 6) is -0.604. The number of anilines is 2. The van der Waals surface area contributed by atoms with Crippen molar-refractivity contribution in [3.8, 4) is 0 Å². The molecule has 0 spiro atoms. The Kier molecular flexibility index (Phi) is 7.55. The Morgan fingerprint density at radius 2 is 1.65 bits per heavy atom. The molecular weight excluding hydrogens is 461 g/mol. The quantitative estimate of drug-likeness (QED) is 0.529. The van der Waals surface area contributed by atoms with Crippen LogP contribution in [0, 0.1) is 0 Å². The van der Waals surface area contributed by atoms with E-state index in [1.54, 1.807) is 30.8 Å². The van der Waals surface area contributed by atoms with Crippen LogP contribution in [-0.2, 0) is 11.0 Å². The molecular formula is C25H29F3N4OS. The van der Waals surface area contributed by atoms with Crippen LogP contribution in [0.25, 0.3) is 0 Å². The van der Waals surface area contributed by atoms with Crippen LogP contribution < -0.4 is 10.2 Å². The Labute approximate surface area is 203 Å². The zero-order valence-corrected chi connectivity index (χ0v) is 20.7. The van der Waals surface area contributed by atoms with E-state index in [2.05, 4.69) is 24.1 Å². The molecule has 0 radical (unpaired) electrons. The molecule has 2 aromatic carbocycles. The van der Waals surface area contributed by atoms with Crippen molar-refractivity contribution in [2.75, 3.05) is 37.4 Å². The van der Waals surface area contributed by atoms with Crippen LogP contribution in [0.4, 0.5) is 24.5 Å². The van der Waals surface area contributed by atoms with E-state index in [1.165, 1.54) is 18.2 Å². The van der Waals surface area contributed by atoms with Crippen molar-refractivity contribution in [2.45, 2.75) is 33.0 Å². The summed E-state index contributed by atoms with van der Waals surface area (Å²) < 4.78 is 40.5. The SMILES string of the molecule is CCN(CC)c1ccc([C@@H]2C(C(=O)Nc3ccccc3C(F)(F)F)=C(C)N(C)C(=S)N2C)cc1. The highest BCUT2D eigenvalue weighted by Gasteiger charge is 2.38. The number of rotatable bonds is 6. The molecule has 9 heteroatoms. The molecule has 182 valence electrons. The van der Waals surface area contributed by atoms with Gasteiger partial charge in [0.15, 0.2) is 5.11 Å². The fraction of sp³-hybridized carbons (Fsp3) is 0.360. The molecule has 0 aliphatic carbocycles. The van der Waals surface area contributed by atoms with Crippen molar-refractivity contribution in [3.63, 3.8) is 0 Å². The highest BCUT2D eigenvalue weighted by atomic mass is 32.1. The van der Waals surface area contributed by atoms with Gasteiger partial charge in [0.1, 0.15) is 0 Å². The predicted molar refractivity (Wildman–Crippen MR) is 134 cm³/mol. The molecule has 1 N–H and O–H groups in total. The summed E-state index contributed by atoms with van der Waals surface area (Å²) in [6.07, 6.45) is -4.59. The highest BCUT2D eigenvalue weighted by Crippen LogP contribution is 2.39. The van der Waals surface area contributed by atoms with E-state index < -0.39 is 23.7 Å². The molecule has 0 unspecified atom stereocenters. The van der Waals surface area contributed by atoms with Crippen LogP contribution in [-0.4, -0.2) is 48.0 Å². The van der Waals surface area contributed by atoms with Crippen LogP contribution in [0.1, 0.15) is 37.9 Å². The van der Waals surface area contributed by atoms with Gasteiger partial charge in [0.25, 0.3) is 5.91 Å². The van der Waals surface area contributed by atoms with Crippen molar-refractivity contribution < 1.29 is 18.0 Å². The molecule has 5 nitrogen and oxygen atoms in total. The smallest absolute Gasteiger partial charge is 0.372 e. The average molecular weight is 491 g/mol. The van der Waals surface area contributed by atoms with Gasteiger partial charge in [-0.25, -0.2) is 0 Å². The molecule has 34 heavy (non-hydrogen) atoms. The van der Waals surface area contributed by atoms with E-state index in [9.17, 15) is 18.0 Å². The first-order valence-corrected chi connectivity index (χ1v) is 11.5. The minimum atomic E-state index is -4.59. The summed E-state index contributed by atoms with van der Waals surface area (Å²) in [5.41, 5.74) is 1.62. The number of para-hydroxylation sites is 1. The maximum absolute atomic E-state index is 13.5. The molecule has 0 saturated carbocycles. The lowest BCUT2D eigenvalue weighted by molar-refractivity contribution is -0.137. The lowest BCUT2D eigenvalue weighted by atomic mass is 9.92. The number of benzene rings is 2. The molecule has 0 saturated heterocycles. The topological polar surface area (TPSA) is 38.8 Å². The molecule has 0 aromatic heterocycles. The summed E-state index contributed by atoms with van der Waals surface area (Å²) in [5, 5.41) is 3.02. The lowest BCUT2D eigenvalue weighted by Crippen LogP contribution is -2.47. The second-order valence-electron chi connectivity index (χ2n) is 8.12. The summed E-state index contributed by atoms with van der Waals surface area (Å²) in [7, 11) is 3.52. The first-order valence-electron chi connectivity index (χ1n) is 11.0. The number of hydrogen-bond donors (Lipinski definition) is 1. The van der Waals surface area contributed by atoms with Crippen LogP contribution in [0.15, 0.2) is 59.8 Å². The number of alkyl halides is 3. The van der Waals surface area contributed by atoms with Gasteiger partial charge in [-0.15, -0.1) is 0 Å². The largest absolute Gasteiger partial charge is 0.418 e. The monoisotopic (exact) mass is 490 g/mol. The van der Waals surface area contributed by atoms with Crippen LogP contribution >= 0.6 is 12.2 Å². The molecule has 1 heterocycles. The molecule has 1 atom stereocenters. The Balaban J connectivity index is 2.04. The second-order valence-corrected chi connectivity index (χ2v) is 8.48. The van der Waals surface area contributed by atoms with Gasteiger partial charge in [0, 0.05) is 38.6 Å². The Bertz CT molecular complexity index is 1090. The van der Waals surface area contributed by atoms with E-state index in [4.69, 9.17) is 12.2 Å². The maximum atomic E-state index is 13.5. The number of likely N-dealkylation sites (N-methyl/N-ethyl adjacent to an activating group) is 1. The van der Waals surface area contributed by atoms with Crippen LogP contribution in [0.5, 0.6) is 0 Å². The molecule has 3 rings (SSSR count). The summed E-state index contributed by atoms with van der Waals surface area (Å²) in [4.78, 5) is 19.2. The van der Waals surface area contributed by atoms with Gasteiger partial charge in [0.2, 0.25) is 0 Å². The number of carbonyl (C=O) groups excluding carboxylic acids is 1. The fourth-order valence-corrected chi connectivity index (χ4v) is 4.47. The molecule has 2 aromatic rings. The number of allylic oxidation sites excluding steroid dienone is 1. The minimum Gasteiger partial charge on any atom is -0.372 e. The maximum Gasteiger partial charge on any atom is 0.418 e. The Morgan fingerprint density at radius 1 is 1.06 bits per heavy atom. The first kappa shape index (κ1) is 25.6. The van der Waals surface area contributed by atoms with Crippen LogP contribution in [0.3, 0.4) is 0 Å². The minimum absolute atomic E-state index is 0.283. The summed E-state index contributed by atoms with van der Waals surface area (Å²) in [6.45, 7) is 7.63. The third kappa shape index (κ3) is 4.89. The van der Waals surface area contributed by atoms with E-state index in [0.29, 0.717) is 16.4 Å². The zero-order chi connectivity index (χ0) is 25.2. The molecule has 0 fully saturated rings. The number of thiocarbonyl (C=S) groups is 1. The Morgan fingerprint density at radius 3 is 2.21 bits per heavy atom. The van der Waals surface area contributed by atoms with Gasteiger partial charge >= 0.3 is 6.18 Å². The van der Waals surface area contributed by atoms with Crippen LogP contribution in [0.2, 0.25) is 0 Å².